The van der Waals surface area contributed by atoms with Crippen LogP contribution < -0.4 is 9.62 Å². The Morgan fingerprint density at radius 1 is 1.00 bits per heavy atom. The zero-order valence-electron chi connectivity index (χ0n) is 16.7. The number of carbonyl (C=O) groups excluding carboxylic acids is 1. The average Bonchev–Trinajstić information content (AvgIpc) is 2.53. The molecule has 27 heavy (non-hydrogen) atoms. The van der Waals surface area contributed by atoms with E-state index in [1.807, 2.05) is 64.1 Å². The summed E-state index contributed by atoms with van der Waals surface area (Å²) in [4.78, 5) is 12.3. The van der Waals surface area contributed by atoms with Crippen LogP contribution in [0.3, 0.4) is 0 Å². The fourth-order valence-electron chi connectivity index (χ4n) is 3.18. The Hall–Kier alpha value is -2.34. The molecule has 0 heterocycles. The highest BCUT2D eigenvalue weighted by atomic mass is 32.2. The monoisotopic (exact) mass is 388 g/mol. The molecule has 0 unspecified atom stereocenters. The van der Waals surface area contributed by atoms with E-state index in [9.17, 15) is 13.2 Å². The molecule has 1 N–H and O–H groups in total. The summed E-state index contributed by atoms with van der Waals surface area (Å²) in [7, 11) is -3.42. The van der Waals surface area contributed by atoms with E-state index in [-0.39, 0.29) is 18.9 Å². The molecule has 2 aromatic carbocycles. The van der Waals surface area contributed by atoms with Crippen molar-refractivity contribution in [2.45, 2.75) is 40.5 Å². The minimum absolute atomic E-state index is 0.110. The minimum Gasteiger partial charge on any atom is -0.326 e. The molecule has 0 spiro atoms. The van der Waals surface area contributed by atoms with Gasteiger partial charge in [0.15, 0.2) is 0 Å². The molecule has 0 fully saturated rings. The second kappa shape index (κ2) is 8.57. The van der Waals surface area contributed by atoms with E-state index in [1.165, 1.54) is 10.6 Å². The molecule has 2 rings (SSSR count). The lowest BCUT2D eigenvalue weighted by Gasteiger charge is -2.23. The lowest BCUT2D eigenvalue weighted by Crippen LogP contribution is -2.31. The number of nitrogens with one attached hydrogen (secondary N) is 1. The molecule has 0 aromatic heterocycles. The predicted octanol–water partition coefficient (Wildman–Crippen LogP) is 4.11. The van der Waals surface area contributed by atoms with Gasteiger partial charge in [-0.3, -0.25) is 9.10 Å². The van der Waals surface area contributed by atoms with Crippen LogP contribution in [0.5, 0.6) is 0 Å². The first-order chi connectivity index (χ1) is 12.6. The van der Waals surface area contributed by atoms with Crippen LogP contribution in [0, 0.1) is 27.7 Å². The van der Waals surface area contributed by atoms with Crippen molar-refractivity contribution in [1.29, 1.82) is 0 Å². The highest BCUT2D eigenvalue weighted by molar-refractivity contribution is 7.92. The number of anilines is 2. The first-order valence-corrected chi connectivity index (χ1v) is 10.8. The third kappa shape index (κ3) is 5.82. The van der Waals surface area contributed by atoms with E-state index in [4.69, 9.17) is 0 Å². The van der Waals surface area contributed by atoms with Crippen molar-refractivity contribution in [3.8, 4) is 0 Å². The summed E-state index contributed by atoms with van der Waals surface area (Å²) in [6.07, 6.45) is 1.89. The number of amides is 1. The van der Waals surface area contributed by atoms with E-state index >= 15 is 0 Å². The summed E-state index contributed by atoms with van der Waals surface area (Å²) < 4.78 is 25.8. The molecular formula is C21H28N2O3S. The van der Waals surface area contributed by atoms with Gasteiger partial charge >= 0.3 is 0 Å². The zero-order valence-corrected chi connectivity index (χ0v) is 17.5. The molecule has 0 saturated carbocycles. The van der Waals surface area contributed by atoms with Gasteiger partial charge in [0.05, 0.1) is 11.9 Å². The Kier molecular flexibility index (Phi) is 6.65. The number of rotatable bonds is 7. The largest absolute Gasteiger partial charge is 0.326 e. The molecule has 0 aliphatic rings. The maximum Gasteiger partial charge on any atom is 0.232 e. The van der Waals surface area contributed by atoms with Crippen molar-refractivity contribution >= 4 is 27.3 Å². The molecule has 0 aliphatic heterocycles. The van der Waals surface area contributed by atoms with Crippen LogP contribution in [-0.2, 0) is 14.8 Å². The normalized spacial score (nSPS) is 11.3. The predicted molar refractivity (Wildman–Crippen MR) is 112 cm³/mol. The molecule has 0 saturated heterocycles. The third-order valence-corrected chi connectivity index (χ3v) is 5.60. The third-order valence-electron chi connectivity index (χ3n) is 4.41. The van der Waals surface area contributed by atoms with Gasteiger partial charge in [-0.05, 0) is 68.5 Å². The van der Waals surface area contributed by atoms with Gasteiger partial charge in [0.2, 0.25) is 15.9 Å². The number of para-hydroxylation sites is 1. The standard InChI is InChI=1S/C21H28N2O3S/c1-15-12-16(2)14-19(13-15)23(27(5,25)26)11-7-10-20(24)22-21-17(3)8-6-9-18(21)4/h6,8-9,12-14H,7,10-11H2,1-5H3,(H,22,24). The number of benzene rings is 2. The second-order valence-electron chi connectivity index (χ2n) is 7.10. The van der Waals surface area contributed by atoms with Crippen LogP contribution in [0.2, 0.25) is 0 Å². The summed E-state index contributed by atoms with van der Waals surface area (Å²) in [5.74, 6) is -0.110. The smallest absolute Gasteiger partial charge is 0.232 e. The minimum atomic E-state index is -3.42. The van der Waals surface area contributed by atoms with Crippen LogP contribution >= 0.6 is 0 Å². The highest BCUT2D eigenvalue weighted by Crippen LogP contribution is 2.23. The van der Waals surface area contributed by atoms with Crippen LogP contribution in [0.4, 0.5) is 11.4 Å². The first kappa shape index (κ1) is 21.0. The number of sulfonamides is 1. The molecule has 5 nitrogen and oxygen atoms in total. The van der Waals surface area contributed by atoms with Gasteiger partial charge in [0, 0.05) is 18.7 Å². The number of hydrogen-bond acceptors (Lipinski definition) is 3. The van der Waals surface area contributed by atoms with Crippen molar-refractivity contribution < 1.29 is 13.2 Å². The number of aryl methyl sites for hydroxylation is 4. The summed E-state index contributed by atoms with van der Waals surface area (Å²) in [6.45, 7) is 8.05. The molecule has 0 atom stereocenters. The zero-order chi connectivity index (χ0) is 20.2. The van der Waals surface area contributed by atoms with Crippen LogP contribution in [-0.4, -0.2) is 27.1 Å². The van der Waals surface area contributed by atoms with Crippen LogP contribution in [0.1, 0.15) is 35.1 Å². The van der Waals surface area contributed by atoms with E-state index < -0.39 is 10.0 Å². The molecule has 2 aromatic rings. The Balaban J connectivity index is 2.05. The maximum atomic E-state index is 12.3. The molecule has 0 aliphatic carbocycles. The summed E-state index contributed by atoms with van der Waals surface area (Å²) in [5, 5.41) is 2.94. The van der Waals surface area contributed by atoms with Gasteiger partial charge in [-0.15, -0.1) is 0 Å². The molecule has 6 heteroatoms. The fraction of sp³-hybridized carbons (Fsp3) is 0.381. The van der Waals surface area contributed by atoms with Crippen molar-refractivity contribution in [1.82, 2.24) is 0 Å². The van der Waals surface area contributed by atoms with Gasteiger partial charge in [-0.2, -0.15) is 0 Å². The molecule has 146 valence electrons. The van der Waals surface area contributed by atoms with E-state index in [2.05, 4.69) is 5.32 Å². The topological polar surface area (TPSA) is 66.5 Å². The van der Waals surface area contributed by atoms with Gasteiger partial charge in [-0.25, -0.2) is 8.42 Å². The Morgan fingerprint density at radius 2 is 1.56 bits per heavy atom. The summed E-state index contributed by atoms with van der Waals surface area (Å²) in [6, 6.07) is 11.6. The highest BCUT2D eigenvalue weighted by Gasteiger charge is 2.18. The van der Waals surface area contributed by atoms with Crippen LogP contribution in [0.25, 0.3) is 0 Å². The second-order valence-corrected chi connectivity index (χ2v) is 9.01. The van der Waals surface area contributed by atoms with E-state index in [0.717, 1.165) is 27.9 Å². The van der Waals surface area contributed by atoms with Crippen molar-refractivity contribution in [3.63, 3.8) is 0 Å². The quantitative estimate of drug-likeness (QED) is 0.776. The van der Waals surface area contributed by atoms with E-state index in [0.29, 0.717) is 12.1 Å². The van der Waals surface area contributed by atoms with Gasteiger partial charge in [0.25, 0.3) is 0 Å². The first-order valence-electron chi connectivity index (χ1n) is 9.00. The molecule has 0 bridgehead atoms. The fourth-order valence-corrected chi connectivity index (χ4v) is 4.13. The van der Waals surface area contributed by atoms with Crippen molar-refractivity contribution in [2.75, 3.05) is 22.4 Å². The Morgan fingerprint density at radius 3 is 2.07 bits per heavy atom. The van der Waals surface area contributed by atoms with Crippen molar-refractivity contribution in [3.05, 3.63) is 58.7 Å². The molecular weight excluding hydrogens is 360 g/mol. The summed E-state index contributed by atoms with van der Waals surface area (Å²) in [5.41, 5.74) is 5.51. The Bertz CT molecular complexity index is 896. The summed E-state index contributed by atoms with van der Waals surface area (Å²) >= 11 is 0. The van der Waals surface area contributed by atoms with Gasteiger partial charge in [-0.1, -0.05) is 24.3 Å². The van der Waals surface area contributed by atoms with Crippen molar-refractivity contribution in [2.24, 2.45) is 0 Å². The number of carbonyl (C=O) groups is 1. The van der Waals surface area contributed by atoms with E-state index in [1.54, 1.807) is 0 Å². The lowest BCUT2D eigenvalue weighted by molar-refractivity contribution is -0.116. The lowest BCUT2D eigenvalue weighted by atomic mass is 10.1. The number of nitrogens with zero attached hydrogens (tertiary/aromatic N) is 1. The average molecular weight is 389 g/mol. The van der Waals surface area contributed by atoms with Crippen LogP contribution in [0.15, 0.2) is 36.4 Å². The maximum absolute atomic E-state index is 12.3. The number of hydrogen-bond donors (Lipinski definition) is 1. The molecule has 1 amide bonds. The Labute approximate surface area is 162 Å². The van der Waals surface area contributed by atoms with Gasteiger partial charge < -0.3 is 5.32 Å². The molecule has 0 radical (unpaired) electrons. The van der Waals surface area contributed by atoms with Gasteiger partial charge in [0.1, 0.15) is 0 Å². The SMILES string of the molecule is Cc1cc(C)cc(N(CCCC(=O)Nc2c(C)cccc2C)S(C)(=O)=O)c1.